The minimum absolute atomic E-state index is 0.215. The van der Waals surface area contributed by atoms with Crippen LogP contribution in [0.3, 0.4) is 0 Å². The van der Waals surface area contributed by atoms with Crippen molar-refractivity contribution in [2.75, 3.05) is 33.0 Å². The van der Waals surface area contributed by atoms with Crippen LogP contribution < -0.4 is 26.1 Å². The lowest BCUT2D eigenvalue weighted by Gasteiger charge is -2.22. The van der Waals surface area contributed by atoms with E-state index in [1.54, 1.807) is 51.9 Å². The van der Waals surface area contributed by atoms with E-state index in [9.17, 15) is 4.79 Å². The lowest BCUT2D eigenvalue weighted by atomic mass is 10.1. The van der Waals surface area contributed by atoms with Gasteiger partial charge in [0.05, 0.1) is 37.8 Å². The molecule has 4 aromatic rings. The Balaban J connectivity index is 1.59. The van der Waals surface area contributed by atoms with Crippen molar-refractivity contribution >= 4 is 5.82 Å². The van der Waals surface area contributed by atoms with Crippen LogP contribution in [0.4, 0.5) is 5.82 Å². The lowest BCUT2D eigenvalue weighted by molar-refractivity contribution is 0.342. The van der Waals surface area contributed by atoms with Gasteiger partial charge in [0.25, 0.3) is 5.56 Å². The maximum atomic E-state index is 13.1. The van der Waals surface area contributed by atoms with Gasteiger partial charge in [0.2, 0.25) is 0 Å². The first-order valence-corrected chi connectivity index (χ1v) is 12.1. The molecule has 0 aliphatic carbocycles. The number of nitrogens with one attached hydrogen (secondary N) is 1. The second-order valence-electron chi connectivity index (χ2n) is 9.07. The maximum absolute atomic E-state index is 13.1. The molecule has 0 amide bonds. The van der Waals surface area contributed by atoms with Crippen LogP contribution >= 0.6 is 0 Å². The molecule has 0 saturated carbocycles. The first-order chi connectivity index (χ1) is 17.9. The highest BCUT2D eigenvalue weighted by Gasteiger charge is 2.21. The van der Waals surface area contributed by atoms with Crippen molar-refractivity contribution in [1.29, 1.82) is 0 Å². The third-order valence-electron chi connectivity index (χ3n) is 6.61. The topological polar surface area (TPSA) is 135 Å². The predicted octanol–water partition coefficient (Wildman–Crippen LogP) is 2.60. The fourth-order valence-electron chi connectivity index (χ4n) is 4.56. The number of methoxy groups -OCH3 is 2. The van der Waals surface area contributed by atoms with Crippen molar-refractivity contribution in [1.82, 2.24) is 34.6 Å². The molecule has 0 unspecified atom stereocenters. The number of piperidine rings is 1. The fourth-order valence-corrected chi connectivity index (χ4v) is 4.56. The van der Waals surface area contributed by atoms with Gasteiger partial charge in [0.15, 0.2) is 5.82 Å². The zero-order valence-electron chi connectivity index (χ0n) is 21.4. The summed E-state index contributed by atoms with van der Waals surface area (Å²) in [6, 6.07) is 5.56. The van der Waals surface area contributed by atoms with Crippen molar-refractivity contribution in [2.24, 2.45) is 7.05 Å². The maximum Gasteiger partial charge on any atom is 0.276 e. The van der Waals surface area contributed by atoms with Crippen LogP contribution in [-0.4, -0.2) is 56.6 Å². The SMILES string of the molecule is COc1cc(OC)cc(-c2nc(-c3nc(-c4cn(C5CCNCC5)nc4C)cnc3N)cn(C)c2=O)c1. The molecule has 1 aliphatic heterocycles. The summed E-state index contributed by atoms with van der Waals surface area (Å²) in [6.45, 7) is 3.92. The van der Waals surface area contributed by atoms with Crippen LogP contribution in [0.5, 0.6) is 11.5 Å². The zero-order chi connectivity index (χ0) is 26.1. The average molecular weight is 503 g/mol. The van der Waals surface area contributed by atoms with Gasteiger partial charge in [-0.05, 0) is 45.0 Å². The quantitative estimate of drug-likeness (QED) is 0.408. The molecular weight excluding hydrogens is 472 g/mol. The number of nitrogen functional groups attached to an aromatic ring is 1. The smallest absolute Gasteiger partial charge is 0.276 e. The first kappa shape index (κ1) is 24.4. The summed E-state index contributed by atoms with van der Waals surface area (Å²) >= 11 is 0. The van der Waals surface area contributed by atoms with E-state index in [0.717, 1.165) is 37.2 Å². The number of anilines is 1. The molecule has 1 saturated heterocycles. The van der Waals surface area contributed by atoms with Crippen LogP contribution in [0.1, 0.15) is 24.6 Å². The molecule has 37 heavy (non-hydrogen) atoms. The molecule has 0 bridgehead atoms. The van der Waals surface area contributed by atoms with Gasteiger partial charge in [-0.15, -0.1) is 0 Å². The third kappa shape index (κ3) is 4.77. The van der Waals surface area contributed by atoms with E-state index in [0.29, 0.717) is 40.2 Å². The Kier molecular flexibility index (Phi) is 6.62. The minimum atomic E-state index is -0.277. The fraction of sp³-hybridized carbons (Fsp3) is 0.346. The molecule has 0 atom stereocenters. The number of hydrogen-bond acceptors (Lipinski definition) is 9. The lowest BCUT2D eigenvalue weighted by Crippen LogP contribution is -2.29. The van der Waals surface area contributed by atoms with Crippen LogP contribution in [-0.2, 0) is 7.05 Å². The normalized spacial score (nSPS) is 14.1. The number of hydrogen-bond donors (Lipinski definition) is 2. The third-order valence-corrected chi connectivity index (χ3v) is 6.61. The highest BCUT2D eigenvalue weighted by molar-refractivity contribution is 5.73. The van der Waals surface area contributed by atoms with E-state index < -0.39 is 0 Å². The molecule has 3 aromatic heterocycles. The number of nitrogens with two attached hydrogens (primary N) is 1. The van der Waals surface area contributed by atoms with Gasteiger partial charge in [-0.2, -0.15) is 5.10 Å². The van der Waals surface area contributed by atoms with Crippen molar-refractivity contribution < 1.29 is 9.47 Å². The summed E-state index contributed by atoms with van der Waals surface area (Å²) in [5.74, 6) is 1.31. The number of aryl methyl sites for hydroxylation is 2. The molecule has 4 heterocycles. The average Bonchev–Trinajstić information content (AvgIpc) is 3.32. The Morgan fingerprint density at radius 2 is 1.68 bits per heavy atom. The van der Waals surface area contributed by atoms with Crippen molar-refractivity contribution in [3.8, 4) is 45.4 Å². The molecule has 1 fully saturated rings. The van der Waals surface area contributed by atoms with E-state index in [2.05, 4.69) is 15.3 Å². The van der Waals surface area contributed by atoms with E-state index in [4.69, 9.17) is 25.3 Å². The molecule has 3 N–H and O–H groups in total. The number of benzene rings is 1. The molecular formula is C26H30N8O3. The van der Waals surface area contributed by atoms with Gasteiger partial charge < -0.3 is 25.1 Å². The van der Waals surface area contributed by atoms with Crippen LogP contribution in [0.2, 0.25) is 0 Å². The zero-order valence-corrected chi connectivity index (χ0v) is 21.4. The molecule has 0 spiro atoms. The largest absolute Gasteiger partial charge is 0.497 e. The van der Waals surface area contributed by atoms with Gasteiger partial charge >= 0.3 is 0 Å². The molecule has 192 valence electrons. The second-order valence-corrected chi connectivity index (χ2v) is 9.07. The van der Waals surface area contributed by atoms with E-state index in [1.165, 1.54) is 4.57 Å². The van der Waals surface area contributed by atoms with E-state index >= 15 is 0 Å². The number of aromatic nitrogens is 6. The molecule has 0 radical (unpaired) electrons. The van der Waals surface area contributed by atoms with Gasteiger partial charge in [-0.3, -0.25) is 9.48 Å². The van der Waals surface area contributed by atoms with Gasteiger partial charge in [0.1, 0.15) is 28.6 Å². The van der Waals surface area contributed by atoms with Crippen LogP contribution in [0.15, 0.2) is 41.6 Å². The Bertz CT molecular complexity index is 1480. The summed E-state index contributed by atoms with van der Waals surface area (Å²) in [5, 5.41) is 8.14. The van der Waals surface area contributed by atoms with Crippen molar-refractivity contribution in [3.05, 3.63) is 52.8 Å². The predicted molar refractivity (Wildman–Crippen MR) is 141 cm³/mol. The summed E-state index contributed by atoms with van der Waals surface area (Å²) in [6.07, 6.45) is 7.33. The number of rotatable bonds is 6. The molecule has 5 rings (SSSR count). The second kappa shape index (κ2) is 10.0. The Morgan fingerprint density at radius 1 is 1.00 bits per heavy atom. The highest BCUT2D eigenvalue weighted by Crippen LogP contribution is 2.31. The highest BCUT2D eigenvalue weighted by atomic mass is 16.5. The van der Waals surface area contributed by atoms with Gasteiger partial charge in [0, 0.05) is 36.6 Å². The number of ether oxygens (including phenoxy) is 2. The number of nitrogens with zero attached hydrogens (tertiary/aromatic N) is 6. The van der Waals surface area contributed by atoms with Crippen LogP contribution in [0.25, 0.3) is 33.9 Å². The Morgan fingerprint density at radius 3 is 2.35 bits per heavy atom. The summed E-state index contributed by atoms with van der Waals surface area (Å²) < 4.78 is 14.2. The summed E-state index contributed by atoms with van der Waals surface area (Å²) in [5.41, 5.74) is 9.96. The first-order valence-electron chi connectivity index (χ1n) is 12.1. The van der Waals surface area contributed by atoms with Gasteiger partial charge in [-0.1, -0.05) is 0 Å². The molecule has 1 aliphatic rings. The Labute approximate surface area is 214 Å². The monoisotopic (exact) mass is 502 g/mol. The molecule has 11 nitrogen and oxygen atoms in total. The van der Waals surface area contributed by atoms with Crippen LogP contribution in [0, 0.1) is 6.92 Å². The Hall–Kier alpha value is -4.25. The van der Waals surface area contributed by atoms with E-state index in [-0.39, 0.29) is 17.1 Å². The minimum Gasteiger partial charge on any atom is -0.497 e. The van der Waals surface area contributed by atoms with E-state index in [1.807, 2.05) is 17.8 Å². The summed E-state index contributed by atoms with van der Waals surface area (Å²) in [4.78, 5) is 27.0. The van der Waals surface area contributed by atoms with Gasteiger partial charge in [-0.25, -0.2) is 15.0 Å². The molecule has 1 aromatic carbocycles. The van der Waals surface area contributed by atoms with Crippen molar-refractivity contribution in [3.63, 3.8) is 0 Å². The van der Waals surface area contributed by atoms with Crippen molar-refractivity contribution in [2.45, 2.75) is 25.8 Å². The summed E-state index contributed by atoms with van der Waals surface area (Å²) in [7, 11) is 4.77. The molecule has 11 heteroatoms. The standard InChI is InChI=1S/C26H30N8O3/c1-15-20(13-34(32-15)17-5-7-28-8-6-17)21-12-29-25(27)24(30-21)22-14-33(2)26(35)23(31-22)16-9-18(36-3)11-19(10-16)37-4/h9-14,17,28H,5-8H2,1-4H3,(H2,27,29).